The van der Waals surface area contributed by atoms with Gasteiger partial charge >= 0.3 is 5.63 Å². The second-order valence-corrected chi connectivity index (χ2v) is 6.53. The molecule has 9 nitrogen and oxygen atoms in total. The number of non-ortho nitro benzene ring substituents is 1. The molecule has 2 heterocycles. The molecule has 0 saturated carbocycles. The molecule has 0 bridgehead atoms. The summed E-state index contributed by atoms with van der Waals surface area (Å²) in [6.07, 6.45) is 1.72. The number of hydrogen-bond acceptors (Lipinski definition) is 7. The first-order chi connectivity index (χ1) is 14.0. The Morgan fingerprint density at radius 1 is 1.21 bits per heavy atom. The van der Waals surface area contributed by atoms with E-state index in [1.807, 2.05) is 13.0 Å². The lowest BCUT2D eigenvalue weighted by molar-refractivity contribution is -0.384. The number of nitro benzene ring substituents is 1. The van der Waals surface area contributed by atoms with Gasteiger partial charge in [0.05, 0.1) is 17.7 Å². The van der Waals surface area contributed by atoms with E-state index in [9.17, 15) is 14.9 Å². The fourth-order valence-electron chi connectivity index (χ4n) is 3.00. The third kappa shape index (κ3) is 4.13. The lowest BCUT2D eigenvalue weighted by atomic mass is 10.1. The summed E-state index contributed by atoms with van der Waals surface area (Å²) in [6, 6.07) is 13.0. The highest BCUT2D eigenvalue weighted by Crippen LogP contribution is 2.24. The van der Waals surface area contributed by atoms with Crippen molar-refractivity contribution < 1.29 is 14.1 Å². The maximum absolute atomic E-state index is 11.4. The van der Waals surface area contributed by atoms with E-state index in [0.29, 0.717) is 23.6 Å². The Bertz CT molecular complexity index is 1260. The molecule has 0 amide bonds. The predicted molar refractivity (Wildman–Crippen MR) is 104 cm³/mol. The standard InChI is InChI=1S/C20H16N4O5/c1-13-7-17(9-19-18(13)5-6-20(25)29-19)28-12-15-11-23(22-21-15)10-14-3-2-4-16(8-14)24(26)27/h2-9,11H,10,12H2,1H3. The van der Waals surface area contributed by atoms with E-state index in [1.54, 1.807) is 35.1 Å². The van der Waals surface area contributed by atoms with Gasteiger partial charge in [0.15, 0.2) is 0 Å². The molecule has 0 unspecified atom stereocenters. The van der Waals surface area contributed by atoms with E-state index in [4.69, 9.17) is 9.15 Å². The summed E-state index contributed by atoms with van der Waals surface area (Å²) in [4.78, 5) is 21.9. The molecule has 0 aliphatic carbocycles. The third-order valence-electron chi connectivity index (χ3n) is 4.36. The zero-order chi connectivity index (χ0) is 20.4. The largest absolute Gasteiger partial charge is 0.487 e. The van der Waals surface area contributed by atoms with Crippen molar-refractivity contribution >= 4 is 16.7 Å². The van der Waals surface area contributed by atoms with E-state index >= 15 is 0 Å². The third-order valence-corrected chi connectivity index (χ3v) is 4.36. The molecule has 146 valence electrons. The Labute approximate surface area is 164 Å². The van der Waals surface area contributed by atoms with Crippen LogP contribution in [-0.4, -0.2) is 19.9 Å². The highest BCUT2D eigenvalue weighted by Gasteiger charge is 2.09. The molecular formula is C20H16N4O5. The first kappa shape index (κ1) is 18.4. The van der Waals surface area contributed by atoms with Crippen molar-refractivity contribution in [3.63, 3.8) is 0 Å². The summed E-state index contributed by atoms with van der Waals surface area (Å²) >= 11 is 0. The lowest BCUT2D eigenvalue weighted by Gasteiger charge is -2.07. The second-order valence-electron chi connectivity index (χ2n) is 6.53. The normalized spacial score (nSPS) is 10.9. The molecule has 4 rings (SSSR count). The van der Waals surface area contributed by atoms with Gasteiger partial charge in [0.25, 0.3) is 5.69 Å². The van der Waals surface area contributed by atoms with Crippen LogP contribution in [0.5, 0.6) is 5.75 Å². The van der Waals surface area contributed by atoms with Gasteiger partial charge in [-0.1, -0.05) is 17.3 Å². The average molecular weight is 392 g/mol. The van der Waals surface area contributed by atoms with Gasteiger partial charge in [-0.05, 0) is 30.2 Å². The topological polar surface area (TPSA) is 113 Å². The molecule has 0 spiro atoms. The van der Waals surface area contributed by atoms with Crippen molar-refractivity contribution in [2.24, 2.45) is 0 Å². The molecule has 9 heteroatoms. The molecular weight excluding hydrogens is 376 g/mol. The number of ether oxygens (including phenoxy) is 1. The van der Waals surface area contributed by atoms with Crippen LogP contribution in [0, 0.1) is 17.0 Å². The van der Waals surface area contributed by atoms with Crippen LogP contribution in [0.4, 0.5) is 5.69 Å². The van der Waals surface area contributed by atoms with E-state index in [2.05, 4.69) is 10.3 Å². The molecule has 4 aromatic rings. The maximum Gasteiger partial charge on any atom is 0.336 e. The molecule has 0 saturated heterocycles. The Kier molecular flexibility index (Phi) is 4.78. The average Bonchev–Trinajstić information content (AvgIpc) is 3.13. The van der Waals surface area contributed by atoms with Crippen LogP contribution in [0.2, 0.25) is 0 Å². The van der Waals surface area contributed by atoms with Gasteiger partial charge in [-0.3, -0.25) is 10.1 Å². The van der Waals surface area contributed by atoms with E-state index in [-0.39, 0.29) is 12.3 Å². The Morgan fingerprint density at radius 3 is 2.90 bits per heavy atom. The van der Waals surface area contributed by atoms with Gasteiger partial charge < -0.3 is 9.15 Å². The maximum atomic E-state index is 11.4. The van der Waals surface area contributed by atoms with Gasteiger partial charge in [0, 0.05) is 29.7 Å². The lowest BCUT2D eigenvalue weighted by Crippen LogP contribution is -2.01. The number of benzene rings is 2. The molecule has 0 fully saturated rings. The summed E-state index contributed by atoms with van der Waals surface area (Å²) in [7, 11) is 0. The van der Waals surface area contributed by atoms with Crippen LogP contribution in [0.15, 0.2) is 63.9 Å². The molecule has 0 N–H and O–H groups in total. The van der Waals surface area contributed by atoms with Crippen LogP contribution >= 0.6 is 0 Å². The number of aryl methyl sites for hydroxylation is 1. The predicted octanol–water partition coefficient (Wildman–Crippen LogP) is 3.23. The molecule has 2 aromatic heterocycles. The van der Waals surface area contributed by atoms with E-state index < -0.39 is 10.5 Å². The van der Waals surface area contributed by atoms with E-state index in [0.717, 1.165) is 16.5 Å². The minimum Gasteiger partial charge on any atom is -0.487 e. The van der Waals surface area contributed by atoms with Gasteiger partial charge in [0.2, 0.25) is 0 Å². The Balaban J connectivity index is 1.46. The minimum atomic E-state index is -0.433. The fourth-order valence-corrected chi connectivity index (χ4v) is 3.00. The first-order valence-corrected chi connectivity index (χ1v) is 8.77. The molecule has 0 atom stereocenters. The Hall–Kier alpha value is -4.01. The van der Waals surface area contributed by atoms with Gasteiger partial charge in [0.1, 0.15) is 23.6 Å². The number of nitrogens with zero attached hydrogens (tertiary/aromatic N) is 4. The van der Waals surface area contributed by atoms with Crippen molar-refractivity contribution in [1.29, 1.82) is 0 Å². The number of rotatable bonds is 6. The summed E-state index contributed by atoms with van der Waals surface area (Å²) in [5.41, 5.74) is 2.35. The van der Waals surface area contributed by atoms with Crippen molar-refractivity contribution in [1.82, 2.24) is 15.0 Å². The smallest absolute Gasteiger partial charge is 0.336 e. The van der Waals surface area contributed by atoms with Crippen molar-refractivity contribution in [2.45, 2.75) is 20.1 Å². The van der Waals surface area contributed by atoms with Crippen molar-refractivity contribution in [3.8, 4) is 5.75 Å². The van der Waals surface area contributed by atoms with Crippen molar-refractivity contribution in [2.75, 3.05) is 0 Å². The van der Waals surface area contributed by atoms with Gasteiger partial charge in [-0.2, -0.15) is 0 Å². The highest BCUT2D eigenvalue weighted by molar-refractivity contribution is 5.81. The first-order valence-electron chi connectivity index (χ1n) is 8.77. The number of hydrogen-bond donors (Lipinski definition) is 0. The van der Waals surface area contributed by atoms with Crippen LogP contribution < -0.4 is 10.4 Å². The van der Waals surface area contributed by atoms with Crippen LogP contribution in [0.1, 0.15) is 16.8 Å². The number of nitro groups is 1. The second kappa shape index (κ2) is 7.55. The molecule has 2 aromatic carbocycles. The highest BCUT2D eigenvalue weighted by atomic mass is 16.6. The van der Waals surface area contributed by atoms with Crippen LogP contribution in [-0.2, 0) is 13.2 Å². The summed E-state index contributed by atoms with van der Waals surface area (Å²) in [5.74, 6) is 0.553. The minimum absolute atomic E-state index is 0.0319. The molecule has 0 aliphatic heterocycles. The summed E-state index contributed by atoms with van der Waals surface area (Å²) in [6.45, 7) is 2.44. The zero-order valence-corrected chi connectivity index (χ0v) is 15.4. The van der Waals surface area contributed by atoms with Crippen LogP contribution in [0.25, 0.3) is 11.0 Å². The Morgan fingerprint density at radius 2 is 2.07 bits per heavy atom. The van der Waals surface area contributed by atoms with Crippen LogP contribution in [0.3, 0.4) is 0 Å². The summed E-state index contributed by atoms with van der Waals surface area (Å²) in [5, 5.41) is 19.8. The van der Waals surface area contributed by atoms with E-state index in [1.165, 1.54) is 18.2 Å². The van der Waals surface area contributed by atoms with Gasteiger partial charge in [-0.15, -0.1) is 5.10 Å². The fraction of sp³-hybridized carbons (Fsp3) is 0.150. The summed E-state index contributed by atoms with van der Waals surface area (Å²) < 4.78 is 12.6. The molecule has 0 aliphatic rings. The monoisotopic (exact) mass is 392 g/mol. The quantitative estimate of drug-likeness (QED) is 0.281. The van der Waals surface area contributed by atoms with Gasteiger partial charge in [-0.25, -0.2) is 9.48 Å². The van der Waals surface area contributed by atoms with Crippen molar-refractivity contribution in [3.05, 3.63) is 92.1 Å². The number of aromatic nitrogens is 3. The number of fused-ring (bicyclic) bond motifs is 1. The molecule has 0 radical (unpaired) electrons. The SMILES string of the molecule is Cc1cc(OCc2cn(Cc3cccc([N+](=O)[O-])c3)nn2)cc2oc(=O)ccc12. The zero-order valence-electron chi connectivity index (χ0n) is 15.4. The molecule has 29 heavy (non-hydrogen) atoms.